The first kappa shape index (κ1) is 18.4. The van der Waals surface area contributed by atoms with E-state index < -0.39 is 0 Å². The first-order valence-electron chi connectivity index (χ1n) is 8.41. The van der Waals surface area contributed by atoms with Gasteiger partial charge in [-0.15, -0.1) is 0 Å². The molecule has 21 heavy (non-hydrogen) atoms. The van der Waals surface area contributed by atoms with E-state index in [1.54, 1.807) is 6.92 Å². The van der Waals surface area contributed by atoms with Crippen LogP contribution in [-0.2, 0) is 4.79 Å². The number of hydrogen-bond donors (Lipinski definition) is 2. The lowest BCUT2D eigenvalue weighted by Gasteiger charge is -2.17. The number of thioether (sulfide) groups is 1. The average Bonchev–Trinajstić information content (AvgIpc) is 2.96. The summed E-state index contributed by atoms with van der Waals surface area (Å²) in [5.74, 6) is 2.46. The van der Waals surface area contributed by atoms with E-state index in [1.165, 1.54) is 31.4 Å². The highest BCUT2D eigenvalue weighted by molar-refractivity contribution is 8.00. The van der Waals surface area contributed by atoms with Gasteiger partial charge in [0.2, 0.25) is 0 Å². The highest BCUT2D eigenvalue weighted by Gasteiger charge is 2.40. The highest BCUT2D eigenvalue weighted by atomic mass is 32.2. The van der Waals surface area contributed by atoms with Crippen molar-refractivity contribution in [2.24, 2.45) is 0 Å². The van der Waals surface area contributed by atoms with Gasteiger partial charge in [-0.3, -0.25) is 0 Å². The summed E-state index contributed by atoms with van der Waals surface area (Å²) in [6.07, 6.45) is 8.23. The Kier molecular flexibility index (Phi) is 8.90. The summed E-state index contributed by atoms with van der Waals surface area (Å²) in [6, 6.07) is 1.12. The minimum Gasteiger partial charge on any atom is -0.367 e. The van der Waals surface area contributed by atoms with Crippen molar-refractivity contribution < 1.29 is 4.79 Å². The minimum atomic E-state index is 0.311. The quantitative estimate of drug-likeness (QED) is 0.701. The zero-order chi connectivity index (χ0) is 15.7. The van der Waals surface area contributed by atoms with E-state index in [-0.39, 0.29) is 0 Å². The zero-order valence-corrected chi connectivity index (χ0v) is 14.7. The van der Waals surface area contributed by atoms with Crippen LogP contribution in [0.3, 0.4) is 0 Å². The van der Waals surface area contributed by atoms with Gasteiger partial charge in [-0.1, -0.05) is 46.1 Å². The lowest BCUT2D eigenvalue weighted by Crippen LogP contribution is -2.36. The molecule has 2 fully saturated rings. The predicted molar refractivity (Wildman–Crippen MR) is 93.6 cm³/mol. The second-order valence-electron chi connectivity index (χ2n) is 6.07. The Morgan fingerprint density at radius 3 is 2.52 bits per heavy atom. The summed E-state index contributed by atoms with van der Waals surface area (Å²) in [5.41, 5.74) is 0. The van der Waals surface area contributed by atoms with Gasteiger partial charge in [0.15, 0.2) is 0 Å². The van der Waals surface area contributed by atoms with Crippen LogP contribution in [0.15, 0.2) is 12.4 Å². The smallest absolute Gasteiger partial charge is 0.129 e. The molecule has 0 aromatic heterocycles. The summed E-state index contributed by atoms with van der Waals surface area (Å²) in [7, 11) is 0. The molecule has 0 saturated carbocycles. The Morgan fingerprint density at radius 2 is 1.95 bits per heavy atom. The number of fused-ring (bicyclic) bond motifs is 1. The fourth-order valence-corrected chi connectivity index (χ4v) is 4.36. The zero-order valence-electron chi connectivity index (χ0n) is 13.9. The second kappa shape index (κ2) is 10.1. The molecule has 2 aliphatic heterocycles. The van der Waals surface area contributed by atoms with E-state index in [0.717, 1.165) is 25.1 Å². The van der Waals surface area contributed by atoms with E-state index in [4.69, 9.17) is 0 Å². The fraction of sp³-hybridized carbons (Fsp3) is 0.824. The molecule has 2 aliphatic rings. The van der Waals surface area contributed by atoms with Crippen molar-refractivity contribution >= 4 is 17.5 Å². The minimum absolute atomic E-state index is 0.311. The maximum absolute atomic E-state index is 10.8. The molecule has 0 aromatic carbocycles. The van der Waals surface area contributed by atoms with Crippen LogP contribution in [-0.4, -0.2) is 28.9 Å². The molecule has 2 heterocycles. The summed E-state index contributed by atoms with van der Waals surface area (Å²) >= 11 is 2.04. The molecule has 2 rings (SSSR count). The fourth-order valence-electron chi connectivity index (χ4n) is 2.82. The normalized spacial score (nSPS) is 26.4. The van der Waals surface area contributed by atoms with Crippen molar-refractivity contribution in [3.05, 3.63) is 12.4 Å². The third kappa shape index (κ3) is 6.77. The maximum Gasteiger partial charge on any atom is 0.129 e. The molecule has 3 atom stereocenters. The van der Waals surface area contributed by atoms with Crippen molar-refractivity contribution in [2.45, 2.75) is 83.1 Å². The number of carbonyl (C=O) groups is 1. The molecular formula is C17H32N2OS. The molecule has 122 valence electrons. The van der Waals surface area contributed by atoms with Gasteiger partial charge in [0.1, 0.15) is 5.78 Å². The molecule has 0 bridgehead atoms. The monoisotopic (exact) mass is 312 g/mol. The molecule has 2 N–H and O–H groups in total. The first-order valence-corrected chi connectivity index (χ1v) is 9.46. The Morgan fingerprint density at radius 1 is 1.24 bits per heavy atom. The molecule has 0 radical (unpaired) electrons. The van der Waals surface area contributed by atoms with Gasteiger partial charge >= 0.3 is 0 Å². The molecule has 0 amide bonds. The van der Waals surface area contributed by atoms with Crippen LogP contribution in [0.2, 0.25) is 0 Å². The maximum atomic E-state index is 10.8. The molecule has 2 unspecified atom stereocenters. The van der Waals surface area contributed by atoms with E-state index >= 15 is 0 Å². The van der Waals surface area contributed by atoms with Crippen molar-refractivity contribution in [1.29, 1.82) is 0 Å². The van der Waals surface area contributed by atoms with E-state index in [1.807, 2.05) is 11.8 Å². The van der Waals surface area contributed by atoms with Crippen molar-refractivity contribution in [2.75, 3.05) is 5.75 Å². The number of carbonyl (C=O) groups excluding carboxylic acids is 1. The van der Waals surface area contributed by atoms with E-state index in [9.17, 15) is 4.79 Å². The summed E-state index contributed by atoms with van der Waals surface area (Å²) < 4.78 is 0. The number of hydrogen-bond acceptors (Lipinski definition) is 4. The van der Waals surface area contributed by atoms with Crippen molar-refractivity contribution in [3.8, 4) is 0 Å². The van der Waals surface area contributed by atoms with Gasteiger partial charge in [-0.25, -0.2) is 0 Å². The van der Waals surface area contributed by atoms with Crippen LogP contribution >= 0.6 is 11.8 Å². The standard InChI is InChI=1S/C12H20N2OS.C5H12/c1-8(15)5-3-4-6-11-12-10(7-16-11)13-9(2)14-12;1-3-5-4-2/h10-14H,2-7H2,1H3;3-5H2,1-2H3/t10-,11?,12?;/m0./s1. The molecule has 2 saturated heterocycles. The number of nitrogens with one attached hydrogen (secondary N) is 2. The number of unbranched alkanes of at least 4 members (excludes halogenated alkanes) is 3. The largest absolute Gasteiger partial charge is 0.367 e. The Labute approximate surface area is 134 Å². The summed E-state index contributed by atoms with van der Waals surface area (Å²) in [4.78, 5) is 10.8. The predicted octanol–water partition coefficient (Wildman–Crippen LogP) is 3.85. The van der Waals surface area contributed by atoms with Crippen LogP contribution in [0.1, 0.15) is 65.7 Å². The van der Waals surface area contributed by atoms with Crippen LogP contribution in [0, 0.1) is 0 Å². The lowest BCUT2D eigenvalue weighted by molar-refractivity contribution is -0.117. The third-order valence-electron chi connectivity index (χ3n) is 4.00. The second-order valence-corrected chi connectivity index (χ2v) is 7.34. The topological polar surface area (TPSA) is 41.1 Å². The van der Waals surface area contributed by atoms with E-state index in [2.05, 4.69) is 31.1 Å². The van der Waals surface area contributed by atoms with Crippen LogP contribution < -0.4 is 10.6 Å². The number of Topliss-reactive ketones (excluding diaryl/α,β-unsaturated/α-hetero) is 1. The van der Waals surface area contributed by atoms with Crippen LogP contribution in [0.5, 0.6) is 0 Å². The van der Waals surface area contributed by atoms with Gasteiger partial charge in [0.25, 0.3) is 0 Å². The van der Waals surface area contributed by atoms with Gasteiger partial charge in [-0.2, -0.15) is 11.8 Å². The summed E-state index contributed by atoms with van der Waals surface area (Å²) in [6.45, 7) is 10.0. The summed E-state index contributed by atoms with van der Waals surface area (Å²) in [5, 5.41) is 7.48. The van der Waals surface area contributed by atoms with Crippen molar-refractivity contribution in [1.82, 2.24) is 10.6 Å². The number of rotatable bonds is 7. The number of ketones is 1. The van der Waals surface area contributed by atoms with Gasteiger partial charge in [0.05, 0.1) is 17.9 Å². The Balaban J connectivity index is 0.000000383. The lowest BCUT2D eigenvalue weighted by atomic mass is 10.0. The average molecular weight is 313 g/mol. The molecule has 4 heteroatoms. The molecule has 0 spiro atoms. The SMILES string of the molecule is C=C1NC2C(CCCCC(C)=O)SC[C@@H]2N1.CCCCC. The van der Waals surface area contributed by atoms with E-state index in [0.29, 0.717) is 23.1 Å². The van der Waals surface area contributed by atoms with Gasteiger partial charge in [0, 0.05) is 17.4 Å². The third-order valence-corrected chi connectivity index (χ3v) is 5.51. The Bertz CT molecular complexity index is 331. The first-order chi connectivity index (χ1) is 10.1. The van der Waals surface area contributed by atoms with Gasteiger partial charge < -0.3 is 15.4 Å². The molecule has 3 nitrogen and oxygen atoms in total. The Hall–Kier alpha value is -0.640. The van der Waals surface area contributed by atoms with Gasteiger partial charge in [-0.05, 0) is 19.8 Å². The molecule has 0 aliphatic carbocycles. The van der Waals surface area contributed by atoms with Crippen LogP contribution in [0.4, 0.5) is 0 Å². The highest BCUT2D eigenvalue weighted by Crippen LogP contribution is 2.34. The van der Waals surface area contributed by atoms with Crippen molar-refractivity contribution in [3.63, 3.8) is 0 Å². The van der Waals surface area contributed by atoms with Crippen LogP contribution in [0.25, 0.3) is 0 Å². The molecule has 0 aromatic rings. The molecular weight excluding hydrogens is 280 g/mol.